The second-order valence-electron chi connectivity index (χ2n) is 5.90. The smallest absolute Gasteiger partial charge is 0.343 e. The van der Waals surface area contributed by atoms with Crippen molar-refractivity contribution in [3.8, 4) is 0 Å². The van der Waals surface area contributed by atoms with E-state index in [4.69, 9.17) is 9.26 Å². The number of rotatable bonds is 3. The van der Waals surface area contributed by atoms with E-state index in [0.29, 0.717) is 17.2 Å². The summed E-state index contributed by atoms with van der Waals surface area (Å²) in [5.41, 5.74) is 2.58. The molecule has 1 aromatic carbocycles. The van der Waals surface area contributed by atoms with Crippen LogP contribution in [0.4, 0.5) is 0 Å². The molecule has 3 rings (SSSR count). The first kappa shape index (κ1) is 14.8. The molecule has 1 saturated carbocycles. The summed E-state index contributed by atoms with van der Waals surface area (Å²) < 4.78 is 10.2. The van der Waals surface area contributed by atoms with Crippen LogP contribution < -0.4 is 0 Å². The lowest BCUT2D eigenvalue weighted by Crippen LogP contribution is -2.19. The maximum atomic E-state index is 12.1. The molecule has 22 heavy (non-hydrogen) atoms. The van der Waals surface area contributed by atoms with Crippen LogP contribution in [-0.2, 0) is 4.74 Å². The standard InChI is InChI=1S/C18H21NO3/c1-12-16(18(20)21-2)17(19-22-12)15-11-7-6-10-14(15)13-8-4-3-5-9-13/h3-5,8-9,14-15H,6-7,10-11H2,1-2H3/t14-,15+/m0/s1. The van der Waals surface area contributed by atoms with Gasteiger partial charge in [-0.15, -0.1) is 0 Å². The predicted octanol–water partition coefficient (Wildman–Crippen LogP) is 4.21. The molecule has 2 aromatic rings. The molecular formula is C18H21NO3. The van der Waals surface area contributed by atoms with Crippen LogP contribution >= 0.6 is 0 Å². The van der Waals surface area contributed by atoms with Gasteiger partial charge in [-0.25, -0.2) is 4.79 Å². The minimum atomic E-state index is -0.355. The Bertz CT molecular complexity index is 648. The highest BCUT2D eigenvalue weighted by Crippen LogP contribution is 2.44. The Kier molecular flexibility index (Phi) is 4.27. The van der Waals surface area contributed by atoms with Gasteiger partial charge in [0.15, 0.2) is 0 Å². The fourth-order valence-electron chi connectivity index (χ4n) is 3.55. The van der Waals surface area contributed by atoms with Crippen molar-refractivity contribution in [1.29, 1.82) is 0 Å². The van der Waals surface area contributed by atoms with Gasteiger partial charge >= 0.3 is 5.97 Å². The summed E-state index contributed by atoms with van der Waals surface area (Å²) in [5.74, 6) is 0.774. The zero-order chi connectivity index (χ0) is 15.5. The molecule has 0 amide bonds. The molecule has 4 heteroatoms. The van der Waals surface area contributed by atoms with Gasteiger partial charge in [0.05, 0.1) is 7.11 Å². The molecule has 0 radical (unpaired) electrons. The molecule has 0 aliphatic heterocycles. The number of hydrogen-bond donors (Lipinski definition) is 0. The van der Waals surface area contributed by atoms with E-state index in [1.54, 1.807) is 6.92 Å². The Morgan fingerprint density at radius 2 is 1.86 bits per heavy atom. The number of nitrogens with zero attached hydrogens (tertiary/aromatic N) is 1. The number of carbonyl (C=O) groups excluding carboxylic acids is 1. The Hall–Kier alpha value is -2.10. The molecule has 1 fully saturated rings. The Balaban J connectivity index is 2.00. The number of hydrogen-bond acceptors (Lipinski definition) is 4. The highest BCUT2D eigenvalue weighted by molar-refractivity contribution is 5.91. The number of carbonyl (C=O) groups is 1. The van der Waals surface area contributed by atoms with Gasteiger partial charge in [0.2, 0.25) is 0 Å². The number of esters is 1. The molecule has 1 heterocycles. The predicted molar refractivity (Wildman–Crippen MR) is 83.0 cm³/mol. The number of ether oxygens (including phenoxy) is 1. The van der Waals surface area contributed by atoms with Gasteiger partial charge in [-0.1, -0.05) is 48.3 Å². The quantitative estimate of drug-likeness (QED) is 0.797. The van der Waals surface area contributed by atoms with Crippen LogP contribution in [-0.4, -0.2) is 18.2 Å². The van der Waals surface area contributed by atoms with Crippen molar-refractivity contribution >= 4 is 5.97 Å². The maximum absolute atomic E-state index is 12.1. The van der Waals surface area contributed by atoms with E-state index in [-0.39, 0.29) is 11.9 Å². The SMILES string of the molecule is COC(=O)c1c([C@@H]2CCCC[C@H]2c2ccccc2)noc1C. The monoisotopic (exact) mass is 299 g/mol. The fraction of sp³-hybridized carbons (Fsp3) is 0.444. The lowest BCUT2D eigenvalue weighted by molar-refractivity contribution is 0.0596. The van der Waals surface area contributed by atoms with Crippen LogP contribution in [0.25, 0.3) is 0 Å². The van der Waals surface area contributed by atoms with E-state index < -0.39 is 0 Å². The first-order valence-electron chi connectivity index (χ1n) is 7.81. The molecule has 0 saturated heterocycles. The molecule has 1 aliphatic rings. The normalized spacial score (nSPS) is 21.5. The van der Waals surface area contributed by atoms with Crippen LogP contribution in [0, 0.1) is 6.92 Å². The summed E-state index contributed by atoms with van der Waals surface area (Å²) >= 11 is 0. The van der Waals surface area contributed by atoms with Crippen molar-refractivity contribution in [2.75, 3.05) is 7.11 Å². The van der Waals surface area contributed by atoms with Gasteiger partial charge in [0.25, 0.3) is 0 Å². The summed E-state index contributed by atoms with van der Waals surface area (Å²) in [6.07, 6.45) is 4.50. The largest absolute Gasteiger partial charge is 0.465 e. The van der Waals surface area contributed by atoms with Crippen molar-refractivity contribution in [3.63, 3.8) is 0 Å². The second-order valence-corrected chi connectivity index (χ2v) is 5.90. The van der Waals surface area contributed by atoms with E-state index in [2.05, 4.69) is 29.4 Å². The maximum Gasteiger partial charge on any atom is 0.343 e. The number of aromatic nitrogens is 1. The first-order chi connectivity index (χ1) is 10.7. The van der Waals surface area contributed by atoms with Crippen molar-refractivity contribution in [2.24, 2.45) is 0 Å². The summed E-state index contributed by atoms with van der Waals surface area (Å²) in [5, 5.41) is 4.21. The summed E-state index contributed by atoms with van der Waals surface area (Å²) in [7, 11) is 1.40. The molecule has 1 aliphatic carbocycles. The van der Waals surface area contributed by atoms with E-state index in [0.717, 1.165) is 25.0 Å². The average molecular weight is 299 g/mol. The van der Waals surface area contributed by atoms with Gasteiger partial charge in [0, 0.05) is 5.92 Å². The molecule has 0 unspecified atom stereocenters. The lowest BCUT2D eigenvalue weighted by Gasteiger charge is -2.31. The van der Waals surface area contributed by atoms with Crippen LogP contribution in [0.1, 0.15) is 64.9 Å². The number of benzene rings is 1. The minimum absolute atomic E-state index is 0.211. The van der Waals surface area contributed by atoms with Crippen LogP contribution in [0.3, 0.4) is 0 Å². The van der Waals surface area contributed by atoms with Crippen LogP contribution in [0.15, 0.2) is 34.9 Å². The number of aryl methyl sites for hydroxylation is 1. The topological polar surface area (TPSA) is 52.3 Å². The van der Waals surface area contributed by atoms with Crippen molar-refractivity contribution in [2.45, 2.75) is 44.4 Å². The fourth-order valence-corrected chi connectivity index (χ4v) is 3.55. The lowest BCUT2D eigenvalue weighted by atomic mass is 9.73. The molecule has 0 bridgehead atoms. The summed E-state index contributed by atoms with van der Waals surface area (Å²) in [4.78, 5) is 12.1. The third-order valence-electron chi connectivity index (χ3n) is 4.62. The van der Waals surface area contributed by atoms with E-state index in [9.17, 15) is 4.79 Å². The van der Waals surface area contributed by atoms with E-state index >= 15 is 0 Å². The van der Waals surface area contributed by atoms with Gasteiger partial charge in [-0.2, -0.15) is 0 Å². The first-order valence-corrected chi connectivity index (χ1v) is 7.81. The van der Waals surface area contributed by atoms with E-state index in [1.807, 2.05) is 6.07 Å². The minimum Gasteiger partial charge on any atom is -0.465 e. The summed E-state index contributed by atoms with van der Waals surface area (Å²) in [6.45, 7) is 1.77. The highest BCUT2D eigenvalue weighted by Gasteiger charge is 2.34. The van der Waals surface area contributed by atoms with Crippen molar-refractivity contribution in [3.05, 3.63) is 52.9 Å². The van der Waals surface area contributed by atoms with Gasteiger partial charge in [-0.3, -0.25) is 0 Å². The van der Waals surface area contributed by atoms with Crippen molar-refractivity contribution in [1.82, 2.24) is 5.16 Å². The Morgan fingerprint density at radius 1 is 1.18 bits per heavy atom. The molecule has 0 spiro atoms. The molecule has 0 N–H and O–H groups in total. The second kappa shape index (κ2) is 6.34. The zero-order valence-electron chi connectivity index (χ0n) is 13.0. The Labute approximate surface area is 130 Å². The molecular weight excluding hydrogens is 278 g/mol. The third-order valence-corrected chi connectivity index (χ3v) is 4.62. The molecule has 4 nitrogen and oxygen atoms in total. The summed E-state index contributed by atoms with van der Waals surface area (Å²) in [6, 6.07) is 10.5. The average Bonchev–Trinajstić information content (AvgIpc) is 2.96. The van der Waals surface area contributed by atoms with Crippen molar-refractivity contribution < 1.29 is 14.1 Å². The molecule has 1 aromatic heterocycles. The van der Waals surface area contributed by atoms with Crippen LogP contribution in [0.5, 0.6) is 0 Å². The van der Waals surface area contributed by atoms with Gasteiger partial charge < -0.3 is 9.26 Å². The zero-order valence-corrected chi connectivity index (χ0v) is 13.0. The van der Waals surface area contributed by atoms with Gasteiger partial charge in [-0.05, 0) is 31.2 Å². The molecule has 116 valence electrons. The Morgan fingerprint density at radius 3 is 2.55 bits per heavy atom. The highest BCUT2D eigenvalue weighted by atomic mass is 16.5. The number of methoxy groups -OCH3 is 1. The molecule has 2 atom stereocenters. The van der Waals surface area contributed by atoms with Crippen LogP contribution in [0.2, 0.25) is 0 Å². The van der Waals surface area contributed by atoms with Gasteiger partial charge in [0.1, 0.15) is 17.0 Å². The van der Waals surface area contributed by atoms with E-state index in [1.165, 1.54) is 19.1 Å². The third kappa shape index (κ3) is 2.65.